The van der Waals surface area contributed by atoms with Crippen LogP contribution in [0, 0.1) is 6.42 Å². The van der Waals surface area contributed by atoms with E-state index >= 15 is 0 Å². The van der Waals surface area contributed by atoms with Crippen LogP contribution in [0.3, 0.4) is 0 Å². The first kappa shape index (κ1) is 12.8. The Hall–Kier alpha value is -0.650. The number of methoxy groups -OCH3 is 2. The summed E-state index contributed by atoms with van der Waals surface area (Å²) in [4.78, 5) is 14.0. The molecule has 0 saturated carbocycles. The van der Waals surface area contributed by atoms with E-state index in [2.05, 4.69) is 11.3 Å². The van der Waals surface area contributed by atoms with Crippen molar-refractivity contribution in [3.05, 3.63) is 6.42 Å². The highest BCUT2D eigenvalue weighted by Gasteiger charge is 2.53. The van der Waals surface area contributed by atoms with Gasteiger partial charge in [0.15, 0.2) is 6.29 Å². The lowest BCUT2D eigenvalue weighted by molar-refractivity contribution is -0.146. The molecule has 2 heterocycles. The summed E-state index contributed by atoms with van der Waals surface area (Å²) in [5.74, 6) is -0.220. The zero-order valence-electron chi connectivity index (χ0n) is 10.5. The molecule has 5 nitrogen and oxygen atoms in total. The van der Waals surface area contributed by atoms with Gasteiger partial charge in [0.25, 0.3) is 0 Å². The Morgan fingerprint density at radius 1 is 1.59 bits per heavy atom. The van der Waals surface area contributed by atoms with E-state index in [1.165, 1.54) is 0 Å². The lowest BCUT2D eigenvalue weighted by Crippen LogP contribution is -2.60. The Balaban J connectivity index is 2.16. The minimum Gasteiger partial charge on any atom is -0.368 e. The van der Waals surface area contributed by atoms with Crippen LogP contribution in [0.1, 0.15) is 25.7 Å². The zero-order valence-corrected chi connectivity index (χ0v) is 10.5. The van der Waals surface area contributed by atoms with Crippen LogP contribution < -0.4 is 5.73 Å². The minimum absolute atomic E-state index is 0.220. The van der Waals surface area contributed by atoms with Gasteiger partial charge >= 0.3 is 0 Å². The van der Waals surface area contributed by atoms with Crippen LogP contribution in [-0.2, 0) is 14.3 Å². The van der Waals surface area contributed by atoms with Crippen LogP contribution in [0.15, 0.2) is 0 Å². The second-order valence-corrected chi connectivity index (χ2v) is 4.87. The number of carbonyl (C=O) groups is 1. The van der Waals surface area contributed by atoms with Gasteiger partial charge in [-0.3, -0.25) is 9.69 Å². The van der Waals surface area contributed by atoms with E-state index in [0.29, 0.717) is 12.6 Å². The number of hydrogen-bond donors (Lipinski definition) is 1. The maximum absolute atomic E-state index is 11.8. The van der Waals surface area contributed by atoms with Crippen molar-refractivity contribution in [3.8, 4) is 0 Å². The van der Waals surface area contributed by atoms with Gasteiger partial charge in [-0.15, -0.1) is 0 Å². The fourth-order valence-corrected chi connectivity index (χ4v) is 3.13. The Morgan fingerprint density at radius 3 is 2.88 bits per heavy atom. The summed E-state index contributed by atoms with van der Waals surface area (Å²) >= 11 is 0. The predicted molar refractivity (Wildman–Crippen MR) is 63.0 cm³/mol. The smallest absolute Gasteiger partial charge is 0.237 e. The summed E-state index contributed by atoms with van der Waals surface area (Å²) in [6, 6.07) is 0.407. The molecule has 0 aromatic rings. The number of carbonyl (C=O) groups excluding carboxylic acids is 1. The number of nitrogens with zero attached hydrogens (tertiary/aromatic N) is 1. The topological polar surface area (TPSA) is 64.8 Å². The maximum Gasteiger partial charge on any atom is 0.237 e. The maximum atomic E-state index is 11.8. The van der Waals surface area contributed by atoms with Crippen LogP contribution in [-0.4, -0.2) is 49.4 Å². The molecule has 2 aliphatic rings. The molecule has 2 aliphatic heterocycles. The number of piperidine rings is 1. The third kappa shape index (κ3) is 2.07. The van der Waals surface area contributed by atoms with Gasteiger partial charge in [0, 0.05) is 20.3 Å². The average molecular weight is 241 g/mol. The van der Waals surface area contributed by atoms with Crippen LogP contribution in [0.4, 0.5) is 0 Å². The molecule has 0 spiro atoms. The largest absolute Gasteiger partial charge is 0.368 e. The highest BCUT2D eigenvalue weighted by molar-refractivity contribution is 5.85. The molecule has 2 bridgehead atoms. The Morgan fingerprint density at radius 2 is 2.29 bits per heavy atom. The molecule has 2 saturated heterocycles. The number of fused-ring (bicyclic) bond motifs is 2. The number of ether oxygens (including phenoxy) is 2. The van der Waals surface area contributed by atoms with Gasteiger partial charge in [0.05, 0.1) is 6.54 Å². The summed E-state index contributed by atoms with van der Waals surface area (Å²) < 4.78 is 10.5. The molecule has 0 aliphatic carbocycles. The highest BCUT2D eigenvalue weighted by atomic mass is 16.7. The van der Waals surface area contributed by atoms with Crippen LogP contribution in [0.2, 0.25) is 0 Å². The molecule has 0 aromatic carbocycles. The van der Waals surface area contributed by atoms with Gasteiger partial charge < -0.3 is 15.2 Å². The van der Waals surface area contributed by atoms with E-state index in [9.17, 15) is 4.79 Å². The average Bonchev–Trinajstić information content (AvgIpc) is 2.53. The Kier molecular flexibility index (Phi) is 3.70. The summed E-state index contributed by atoms with van der Waals surface area (Å²) in [5, 5.41) is 0. The monoisotopic (exact) mass is 241 g/mol. The van der Waals surface area contributed by atoms with E-state index in [4.69, 9.17) is 15.2 Å². The first-order valence-electron chi connectivity index (χ1n) is 6.08. The summed E-state index contributed by atoms with van der Waals surface area (Å²) in [6.07, 6.45) is 5.54. The molecule has 5 heteroatoms. The zero-order chi connectivity index (χ0) is 12.5. The van der Waals surface area contributed by atoms with Gasteiger partial charge in [-0.25, -0.2) is 0 Å². The Bertz CT molecular complexity index is 289. The lowest BCUT2D eigenvalue weighted by atomic mass is 9.87. The molecule has 2 fully saturated rings. The number of primary amides is 1. The molecule has 0 aromatic heterocycles. The molecule has 2 atom stereocenters. The van der Waals surface area contributed by atoms with E-state index in [0.717, 1.165) is 25.7 Å². The van der Waals surface area contributed by atoms with E-state index < -0.39 is 5.54 Å². The van der Waals surface area contributed by atoms with Gasteiger partial charge in [-0.1, -0.05) is 0 Å². The normalized spacial score (nSPS) is 33.2. The van der Waals surface area contributed by atoms with Gasteiger partial charge in [-0.05, 0) is 32.1 Å². The molecular formula is C12H21N2O3. The number of hydrogen-bond acceptors (Lipinski definition) is 4. The van der Waals surface area contributed by atoms with Crippen molar-refractivity contribution in [1.82, 2.24) is 4.90 Å². The van der Waals surface area contributed by atoms with Gasteiger partial charge in [0.1, 0.15) is 5.54 Å². The first-order valence-corrected chi connectivity index (χ1v) is 6.08. The molecule has 17 heavy (non-hydrogen) atoms. The second kappa shape index (κ2) is 4.92. The number of rotatable bonds is 5. The van der Waals surface area contributed by atoms with Gasteiger partial charge in [-0.2, -0.15) is 0 Å². The highest BCUT2D eigenvalue weighted by Crippen LogP contribution is 2.43. The molecule has 2 rings (SSSR count). The van der Waals surface area contributed by atoms with Crippen molar-refractivity contribution in [3.63, 3.8) is 0 Å². The first-order chi connectivity index (χ1) is 8.14. The summed E-state index contributed by atoms with van der Waals surface area (Å²) in [5.41, 5.74) is 5.10. The van der Waals surface area contributed by atoms with Crippen molar-refractivity contribution in [1.29, 1.82) is 0 Å². The number of nitrogens with two attached hydrogens (primary N) is 1. The molecule has 97 valence electrons. The van der Waals surface area contributed by atoms with Crippen LogP contribution in [0.5, 0.6) is 0 Å². The van der Waals surface area contributed by atoms with E-state index in [1.807, 2.05) is 0 Å². The van der Waals surface area contributed by atoms with Crippen molar-refractivity contribution in [2.75, 3.05) is 20.8 Å². The van der Waals surface area contributed by atoms with E-state index in [-0.39, 0.29) is 12.2 Å². The van der Waals surface area contributed by atoms with Crippen molar-refractivity contribution >= 4 is 5.91 Å². The fraction of sp³-hybridized carbons (Fsp3) is 0.833. The summed E-state index contributed by atoms with van der Waals surface area (Å²) in [7, 11) is 3.23. The Labute approximate surface area is 102 Å². The SMILES string of the molecule is COC(CN1[C@@H]2C[CH]C[C@@]1(C(N)=O)CC2)OC. The minimum atomic E-state index is -0.502. The fourth-order valence-electron chi connectivity index (χ4n) is 3.13. The molecular weight excluding hydrogens is 220 g/mol. The molecule has 2 N–H and O–H groups in total. The van der Waals surface area contributed by atoms with Gasteiger partial charge in [0.2, 0.25) is 5.91 Å². The third-order valence-corrected chi connectivity index (χ3v) is 4.13. The summed E-state index contributed by atoms with van der Waals surface area (Å²) in [6.45, 7) is 0.606. The quantitative estimate of drug-likeness (QED) is 0.703. The van der Waals surface area contributed by atoms with E-state index in [1.54, 1.807) is 14.2 Å². The van der Waals surface area contributed by atoms with Crippen molar-refractivity contribution < 1.29 is 14.3 Å². The predicted octanol–water partition coefficient (Wildman–Crippen LogP) is 0.292. The molecule has 0 unspecified atom stereocenters. The number of amides is 1. The lowest BCUT2D eigenvalue weighted by Gasteiger charge is -2.43. The van der Waals surface area contributed by atoms with Crippen molar-refractivity contribution in [2.45, 2.75) is 43.6 Å². The van der Waals surface area contributed by atoms with Crippen molar-refractivity contribution in [2.24, 2.45) is 5.73 Å². The standard InChI is InChI=1S/C12H21N2O3/c1-16-10(17-2)8-14-9-4-3-6-12(14,7-5-9)11(13)15/h3,9-10H,4-8H2,1-2H3,(H2,13,15)/t9-,12+/m1/s1. The second-order valence-electron chi connectivity index (χ2n) is 4.87. The third-order valence-electron chi connectivity index (χ3n) is 4.13. The van der Waals surface area contributed by atoms with Crippen LogP contribution in [0.25, 0.3) is 0 Å². The molecule has 1 amide bonds. The molecule has 1 radical (unpaired) electrons. The van der Waals surface area contributed by atoms with Crippen LogP contribution >= 0.6 is 0 Å².